The van der Waals surface area contributed by atoms with Crippen molar-refractivity contribution in [3.63, 3.8) is 0 Å². The number of aromatic nitrogens is 1. The molecule has 0 spiro atoms. The van der Waals surface area contributed by atoms with Gasteiger partial charge >= 0.3 is 0 Å². The second kappa shape index (κ2) is 7.87. The molecule has 0 aliphatic carbocycles. The molecule has 0 saturated carbocycles. The number of nitrogens with zero attached hydrogens (tertiary/aromatic N) is 2. The lowest BCUT2D eigenvalue weighted by molar-refractivity contribution is 0.00507. The van der Waals surface area contributed by atoms with E-state index in [9.17, 15) is 5.11 Å². The first-order valence-electron chi connectivity index (χ1n) is 9.56. The average molecular weight is 343 g/mol. The number of likely N-dealkylation sites (tertiary alicyclic amines) is 1. The molecule has 1 aromatic heterocycles. The summed E-state index contributed by atoms with van der Waals surface area (Å²) in [7, 11) is 0. The lowest BCUT2D eigenvalue weighted by Crippen LogP contribution is -2.46. The number of β-amino-alcohol motifs (C(OH)–C–C–N with tert-alkyl or cyclic N) is 1. The molecule has 2 saturated heterocycles. The van der Waals surface area contributed by atoms with Gasteiger partial charge in [-0.25, -0.2) is 0 Å². The van der Waals surface area contributed by atoms with Gasteiger partial charge in [-0.15, -0.1) is 0 Å². The van der Waals surface area contributed by atoms with E-state index in [1.54, 1.807) is 0 Å². The zero-order chi connectivity index (χ0) is 17.1. The van der Waals surface area contributed by atoms with E-state index in [0.717, 1.165) is 65.3 Å². The third-order valence-corrected chi connectivity index (χ3v) is 5.62. The number of benzene rings is 1. The SMILES string of the molecule is O[C@H](CN1CCOCC1)CN1CCC(c2cc3ccccc3[nH]2)CC1. The Morgan fingerprint density at radius 2 is 1.72 bits per heavy atom. The van der Waals surface area contributed by atoms with E-state index in [-0.39, 0.29) is 6.10 Å². The number of hydrogen-bond donors (Lipinski definition) is 2. The number of fused-ring (bicyclic) bond motifs is 1. The van der Waals surface area contributed by atoms with Crippen molar-refractivity contribution < 1.29 is 9.84 Å². The molecule has 136 valence electrons. The lowest BCUT2D eigenvalue weighted by atomic mass is 9.93. The molecular formula is C20H29N3O2. The number of rotatable bonds is 5. The molecule has 1 aromatic carbocycles. The minimum atomic E-state index is -0.261. The number of H-pyrrole nitrogens is 1. The van der Waals surface area contributed by atoms with Gasteiger partial charge in [0.15, 0.2) is 0 Å². The molecular weight excluding hydrogens is 314 g/mol. The minimum Gasteiger partial charge on any atom is -0.390 e. The number of piperidine rings is 1. The summed E-state index contributed by atoms with van der Waals surface area (Å²) in [4.78, 5) is 8.32. The maximum absolute atomic E-state index is 10.4. The molecule has 2 aliphatic heterocycles. The lowest BCUT2D eigenvalue weighted by Gasteiger charge is -2.34. The van der Waals surface area contributed by atoms with Gasteiger partial charge in [-0.2, -0.15) is 0 Å². The van der Waals surface area contributed by atoms with Crippen molar-refractivity contribution in [2.45, 2.75) is 24.9 Å². The van der Waals surface area contributed by atoms with Gasteiger partial charge in [0.05, 0.1) is 19.3 Å². The molecule has 2 aromatic rings. The van der Waals surface area contributed by atoms with Crippen LogP contribution < -0.4 is 0 Å². The largest absolute Gasteiger partial charge is 0.390 e. The topological polar surface area (TPSA) is 51.7 Å². The fourth-order valence-corrected chi connectivity index (χ4v) is 4.18. The summed E-state index contributed by atoms with van der Waals surface area (Å²) in [6.07, 6.45) is 2.07. The van der Waals surface area contributed by atoms with Crippen LogP contribution in [0.5, 0.6) is 0 Å². The summed E-state index contributed by atoms with van der Waals surface area (Å²) in [6.45, 7) is 7.17. The van der Waals surface area contributed by atoms with E-state index < -0.39 is 0 Å². The van der Waals surface area contributed by atoms with Crippen LogP contribution >= 0.6 is 0 Å². The van der Waals surface area contributed by atoms with Gasteiger partial charge in [-0.05, 0) is 43.5 Å². The van der Waals surface area contributed by atoms with E-state index >= 15 is 0 Å². The Morgan fingerprint density at radius 3 is 2.44 bits per heavy atom. The molecule has 3 heterocycles. The molecule has 25 heavy (non-hydrogen) atoms. The molecule has 0 unspecified atom stereocenters. The van der Waals surface area contributed by atoms with Crippen molar-refractivity contribution in [3.8, 4) is 0 Å². The number of ether oxygens (including phenoxy) is 1. The second-order valence-corrected chi connectivity index (χ2v) is 7.45. The van der Waals surface area contributed by atoms with E-state index in [0.29, 0.717) is 5.92 Å². The molecule has 0 radical (unpaired) electrons. The molecule has 2 fully saturated rings. The zero-order valence-corrected chi connectivity index (χ0v) is 14.9. The highest BCUT2D eigenvalue weighted by Crippen LogP contribution is 2.29. The van der Waals surface area contributed by atoms with Gasteiger partial charge in [-0.1, -0.05) is 18.2 Å². The van der Waals surface area contributed by atoms with Crippen LogP contribution in [0, 0.1) is 0 Å². The van der Waals surface area contributed by atoms with Crippen molar-refractivity contribution in [2.75, 3.05) is 52.5 Å². The standard InChI is InChI=1S/C20H29N3O2/c24-18(15-23-9-11-25-12-10-23)14-22-7-5-16(6-8-22)20-13-17-3-1-2-4-19(17)21-20/h1-4,13,16,18,21,24H,5-12,14-15H2/t18-/m0/s1. The normalized spacial score (nSPS) is 22.4. The third kappa shape index (κ3) is 4.23. The molecule has 5 heteroatoms. The number of aliphatic hydroxyl groups is 1. The summed E-state index contributed by atoms with van der Waals surface area (Å²) >= 11 is 0. The fourth-order valence-electron chi connectivity index (χ4n) is 4.18. The molecule has 0 bridgehead atoms. The Morgan fingerprint density at radius 1 is 1.04 bits per heavy atom. The predicted octanol–water partition coefficient (Wildman–Crippen LogP) is 2.04. The van der Waals surface area contributed by atoms with Crippen molar-refractivity contribution in [2.24, 2.45) is 0 Å². The molecule has 4 rings (SSSR count). The van der Waals surface area contributed by atoms with Gasteiger partial charge in [0, 0.05) is 43.3 Å². The number of aromatic amines is 1. The third-order valence-electron chi connectivity index (χ3n) is 5.62. The van der Waals surface area contributed by atoms with Crippen molar-refractivity contribution in [1.29, 1.82) is 0 Å². The van der Waals surface area contributed by atoms with E-state index in [4.69, 9.17) is 4.74 Å². The van der Waals surface area contributed by atoms with Gasteiger partial charge in [0.1, 0.15) is 0 Å². The Hall–Kier alpha value is -1.40. The maximum atomic E-state index is 10.4. The van der Waals surface area contributed by atoms with Gasteiger partial charge in [0.25, 0.3) is 0 Å². The maximum Gasteiger partial charge on any atom is 0.0793 e. The van der Waals surface area contributed by atoms with Crippen molar-refractivity contribution >= 4 is 10.9 Å². The number of para-hydroxylation sites is 1. The highest BCUT2D eigenvalue weighted by Gasteiger charge is 2.24. The monoisotopic (exact) mass is 343 g/mol. The van der Waals surface area contributed by atoms with Crippen LogP contribution in [-0.2, 0) is 4.74 Å². The van der Waals surface area contributed by atoms with Gasteiger partial charge in [0.2, 0.25) is 0 Å². The second-order valence-electron chi connectivity index (χ2n) is 7.45. The van der Waals surface area contributed by atoms with Crippen LogP contribution in [0.25, 0.3) is 10.9 Å². The van der Waals surface area contributed by atoms with Crippen LogP contribution in [0.1, 0.15) is 24.5 Å². The van der Waals surface area contributed by atoms with Crippen LogP contribution in [-0.4, -0.2) is 78.5 Å². The Labute approximate surface area is 149 Å². The molecule has 0 amide bonds. The minimum absolute atomic E-state index is 0.261. The summed E-state index contributed by atoms with van der Waals surface area (Å²) in [5, 5.41) is 11.7. The number of hydrogen-bond acceptors (Lipinski definition) is 4. The zero-order valence-electron chi connectivity index (χ0n) is 14.9. The highest BCUT2D eigenvalue weighted by atomic mass is 16.5. The Balaban J connectivity index is 1.26. The molecule has 2 aliphatic rings. The first kappa shape index (κ1) is 17.0. The summed E-state index contributed by atoms with van der Waals surface area (Å²) in [6, 6.07) is 10.8. The quantitative estimate of drug-likeness (QED) is 0.872. The molecule has 5 nitrogen and oxygen atoms in total. The van der Waals surface area contributed by atoms with Crippen LogP contribution in [0.3, 0.4) is 0 Å². The summed E-state index contributed by atoms with van der Waals surface area (Å²) < 4.78 is 5.37. The van der Waals surface area contributed by atoms with Crippen LogP contribution in [0.15, 0.2) is 30.3 Å². The number of nitrogens with one attached hydrogen (secondary N) is 1. The van der Waals surface area contributed by atoms with Crippen LogP contribution in [0.4, 0.5) is 0 Å². The Kier molecular flexibility index (Phi) is 5.36. The fraction of sp³-hybridized carbons (Fsp3) is 0.600. The van der Waals surface area contributed by atoms with Gasteiger partial charge in [-0.3, -0.25) is 4.90 Å². The molecule has 1 atom stereocenters. The number of aliphatic hydroxyl groups excluding tert-OH is 1. The van der Waals surface area contributed by atoms with Crippen LogP contribution in [0.2, 0.25) is 0 Å². The highest BCUT2D eigenvalue weighted by molar-refractivity contribution is 5.80. The summed E-state index contributed by atoms with van der Waals surface area (Å²) in [5.74, 6) is 0.611. The first-order chi connectivity index (χ1) is 12.3. The van der Waals surface area contributed by atoms with E-state index in [1.165, 1.54) is 16.6 Å². The Bertz CT molecular complexity index is 639. The smallest absolute Gasteiger partial charge is 0.0793 e. The summed E-state index contributed by atoms with van der Waals surface area (Å²) in [5.41, 5.74) is 2.61. The van der Waals surface area contributed by atoms with Crippen molar-refractivity contribution in [3.05, 3.63) is 36.0 Å². The predicted molar refractivity (Wildman–Crippen MR) is 100.0 cm³/mol. The van der Waals surface area contributed by atoms with E-state index in [1.807, 2.05) is 0 Å². The van der Waals surface area contributed by atoms with Gasteiger partial charge < -0.3 is 19.7 Å². The first-order valence-corrected chi connectivity index (χ1v) is 9.56. The molecule has 2 N–H and O–H groups in total. The number of morpholine rings is 1. The van der Waals surface area contributed by atoms with E-state index in [2.05, 4.69) is 45.1 Å². The van der Waals surface area contributed by atoms with Crippen molar-refractivity contribution in [1.82, 2.24) is 14.8 Å². The average Bonchev–Trinajstić information content (AvgIpc) is 3.07.